The molecule has 0 N–H and O–H groups in total. The van der Waals surface area contributed by atoms with Gasteiger partial charge in [-0.2, -0.15) is 12.1 Å². The van der Waals surface area contributed by atoms with Crippen LogP contribution in [0.3, 0.4) is 0 Å². The Balaban J connectivity index is 0.000000190. The SMILES string of the molecule is CC[Si]CC.CCc1cc2c(-c3ccc(C)cc3)cccc2[cH-]1.Cc1ccc(-c2cccc3[cH-]c(C)cc23)cc1.[Cl][Zr+2][Cl]. The Kier molecular flexibility index (Phi) is 15.2. The van der Waals surface area contributed by atoms with Crippen molar-refractivity contribution in [1.29, 1.82) is 0 Å². The van der Waals surface area contributed by atoms with Crippen LogP contribution in [-0.4, -0.2) is 9.52 Å². The molecule has 0 aliphatic heterocycles. The van der Waals surface area contributed by atoms with Crippen LogP contribution in [0.2, 0.25) is 12.1 Å². The molecule has 0 spiro atoms. The van der Waals surface area contributed by atoms with E-state index in [1.54, 1.807) is 0 Å². The molecule has 0 saturated heterocycles. The van der Waals surface area contributed by atoms with Crippen LogP contribution < -0.4 is 0 Å². The van der Waals surface area contributed by atoms with Crippen molar-refractivity contribution >= 4 is 48.1 Å². The number of halogens is 2. The van der Waals surface area contributed by atoms with Crippen molar-refractivity contribution in [3.05, 3.63) is 131 Å². The summed E-state index contributed by atoms with van der Waals surface area (Å²) in [5, 5.41) is 5.41. The van der Waals surface area contributed by atoms with Crippen molar-refractivity contribution in [1.82, 2.24) is 0 Å². The van der Waals surface area contributed by atoms with E-state index < -0.39 is 20.8 Å². The summed E-state index contributed by atoms with van der Waals surface area (Å²) in [4.78, 5) is 0. The van der Waals surface area contributed by atoms with E-state index in [1.807, 2.05) is 0 Å². The molecule has 4 heteroatoms. The van der Waals surface area contributed by atoms with Crippen LogP contribution in [0.25, 0.3) is 43.8 Å². The van der Waals surface area contributed by atoms with Gasteiger partial charge < -0.3 is 0 Å². The van der Waals surface area contributed by atoms with Crippen LogP contribution in [0.4, 0.5) is 0 Å². The second-order valence-corrected chi connectivity index (χ2v) is 16.3. The van der Waals surface area contributed by atoms with E-state index in [0.29, 0.717) is 0 Å². The quantitative estimate of drug-likeness (QED) is 0.124. The summed E-state index contributed by atoms with van der Waals surface area (Å²) in [7, 11) is 11.1. The van der Waals surface area contributed by atoms with Crippen molar-refractivity contribution < 1.29 is 20.8 Å². The number of rotatable bonds is 5. The molecule has 6 rings (SSSR count). The zero-order valence-corrected chi connectivity index (χ0v) is 31.2. The third kappa shape index (κ3) is 10.4. The number of aryl methyl sites for hydroxylation is 4. The summed E-state index contributed by atoms with van der Waals surface area (Å²) in [6.45, 7) is 13.1. The Hall–Kier alpha value is -2.22. The van der Waals surface area contributed by atoms with E-state index in [-0.39, 0.29) is 0 Å². The maximum atomic E-state index is 4.93. The van der Waals surface area contributed by atoms with Crippen molar-refractivity contribution in [2.75, 3.05) is 0 Å². The maximum absolute atomic E-state index is 4.93. The molecular formula is C39H42Cl2SiZr. The van der Waals surface area contributed by atoms with E-state index in [9.17, 15) is 0 Å². The van der Waals surface area contributed by atoms with Crippen LogP contribution in [0.5, 0.6) is 0 Å². The molecule has 0 unspecified atom stereocenters. The Labute approximate surface area is 280 Å². The Morgan fingerprint density at radius 1 is 0.605 bits per heavy atom. The molecule has 0 aliphatic carbocycles. The molecule has 0 bridgehead atoms. The molecule has 0 aliphatic rings. The first kappa shape index (κ1) is 35.3. The van der Waals surface area contributed by atoms with E-state index in [2.05, 4.69) is 151 Å². The molecular weight excluding hydrogens is 659 g/mol. The molecule has 0 nitrogen and oxygen atoms in total. The van der Waals surface area contributed by atoms with Crippen LogP contribution in [0.15, 0.2) is 109 Å². The van der Waals surface area contributed by atoms with Gasteiger partial charge in [0, 0.05) is 9.52 Å². The van der Waals surface area contributed by atoms with Gasteiger partial charge in [0.1, 0.15) is 0 Å². The molecule has 0 amide bonds. The summed E-state index contributed by atoms with van der Waals surface area (Å²) < 4.78 is 0. The van der Waals surface area contributed by atoms with Crippen molar-refractivity contribution in [2.24, 2.45) is 0 Å². The van der Waals surface area contributed by atoms with Crippen molar-refractivity contribution in [3.8, 4) is 22.3 Å². The Morgan fingerprint density at radius 2 is 1.05 bits per heavy atom. The number of benzene rings is 4. The van der Waals surface area contributed by atoms with Gasteiger partial charge in [-0.1, -0.05) is 123 Å². The van der Waals surface area contributed by atoms with Gasteiger partial charge in [0.2, 0.25) is 0 Å². The van der Waals surface area contributed by atoms with Crippen molar-refractivity contribution in [2.45, 2.75) is 60.1 Å². The first-order valence-electron chi connectivity index (χ1n) is 15.0. The van der Waals surface area contributed by atoms with Gasteiger partial charge in [-0.25, -0.2) is 0 Å². The second kappa shape index (κ2) is 18.6. The fourth-order valence-corrected chi connectivity index (χ4v) is 5.61. The fraction of sp³-hybridized carbons (Fsp3) is 0.231. The minimum absolute atomic E-state index is 0.826. The Morgan fingerprint density at radius 3 is 1.47 bits per heavy atom. The van der Waals surface area contributed by atoms with Gasteiger partial charge in [0.25, 0.3) is 0 Å². The third-order valence-corrected chi connectivity index (χ3v) is 8.34. The number of fused-ring (bicyclic) bond motifs is 2. The number of hydrogen-bond donors (Lipinski definition) is 0. The second-order valence-electron chi connectivity index (χ2n) is 10.6. The molecule has 6 aromatic carbocycles. The fourth-order valence-electron chi connectivity index (χ4n) is 5.11. The topological polar surface area (TPSA) is 0 Å². The molecule has 2 radical (unpaired) electrons. The summed E-state index contributed by atoms with van der Waals surface area (Å²) in [5.74, 6) is 0. The third-order valence-electron chi connectivity index (χ3n) is 7.34. The summed E-state index contributed by atoms with van der Waals surface area (Å²) in [5.41, 5.74) is 10.6. The van der Waals surface area contributed by atoms with E-state index in [1.165, 1.54) is 87.7 Å². The van der Waals surface area contributed by atoms with Gasteiger partial charge in [0.05, 0.1) is 0 Å². The standard InChI is InChI=1S/C18H17.C17H15.C4H10Si.2ClH.Zr/c1-3-14-11-16-5-4-6-17(18(16)12-14)15-9-7-13(2)8-10-15;1-12-6-8-14(9-7-12)16-5-3-4-15-10-13(2)11-17(15)16;1-3-5-4-2;;;/h4-12H,3H2,1-2H3;3-11H,1-2H3;3-4H2,1-2H3;2*1H;/q2*-1;;;;+4/p-2. The van der Waals surface area contributed by atoms with Crippen LogP contribution in [0.1, 0.15) is 43.0 Å². The van der Waals surface area contributed by atoms with Gasteiger partial charge in [-0.3, -0.25) is 0 Å². The molecule has 0 atom stereocenters. The molecule has 0 fully saturated rings. The first-order valence-corrected chi connectivity index (χ1v) is 22.7. The van der Waals surface area contributed by atoms with Gasteiger partial charge in [0.15, 0.2) is 0 Å². The predicted octanol–water partition coefficient (Wildman–Crippen LogP) is 12.9. The molecule has 0 heterocycles. The normalized spacial score (nSPS) is 10.1. The summed E-state index contributed by atoms with van der Waals surface area (Å²) in [6, 6.07) is 42.5. The van der Waals surface area contributed by atoms with Gasteiger partial charge >= 0.3 is 37.9 Å². The molecule has 220 valence electrons. The molecule has 0 aromatic heterocycles. The van der Waals surface area contributed by atoms with Crippen molar-refractivity contribution in [3.63, 3.8) is 0 Å². The first-order chi connectivity index (χ1) is 20.8. The zero-order chi connectivity index (χ0) is 31.2. The van der Waals surface area contributed by atoms with E-state index in [0.717, 1.165) is 6.42 Å². The predicted molar refractivity (Wildman–Crippen MR) is 192 cm³/mol. The minimum atomic E-state index is -0.826. The summed E-state index contributed by atoms with van der Waals surface area (Å²) in [6.07, 6.45) is 1.10. The summed E-state index contributed by atoms with van der Waals surface area (Å²) >= 11 is -0.826. The van der Waals surface area contributed by atoms with E-state index >= 15 is 0 Å². The monoisotopic (exact) mass is 698 g/mol. The van der Waals surface area contributed by atoms with Gasteiger partial charge in [-0.05, 0) is 31.4 Å². The van der Waals surface area contributed by atoms with Crippen LogP contribution in [-0.2, 0) is 27.3 Å². The average molecular weight is 701 g/mol. The average Bonchev–Trinajstić information content (AvgIpc) is 3.62. The van der Waals surface area contributed by atoms with Crippen LogP contribution >= 0.6 is 17.0 Å². The molecule has 0 saturated carbocycles. The Bertz CT molecular complexity index is 1660. The molecule has 6 aromatic rings. The van der Waals surface area contributed by atoms with E-state index in [4.69, 9.17) is 17.0 Å². The number of hydrogen-bond acceptors (Lipinski definition) is 0. The van der Waals surface area contributed by atoms with Gasteiger partial charge in [-0.15, -0.1) is 69.1 Å². The zero-order valence-electron chi connectivity index (χ0n) is 26.3. The molecule has 43 heavy (non-hydrogen) atoms. The van der Waals surface area contributed by atoms with Crippen LogP contribution in [0, 0.1) is 20.8 Å².